The second-order valence-corrected chi connectivity index (χ2v) is 4.24. The molecule has 1 aromatic carbocycles. The summed E-state index contributed by atoms with van der Waals surface area (Å²) in [6.07, 6.45) is 1.49. The van der Waals surface area contributed by atoms with E-state index in [9.17, 15) is 4.79 Å². The van der Waals surface area contributed by atoms with E-state index < -0.39 is 0 Å². The Balaban J connectivity index is 2.24. The molecule has 4 nitrogen and oxygen atoms in total. The van der Waals surface area contributed by atoms with Gasteiger partial charge in [-0.15, -0.1) is 0 Å². The maximum atomic E-state index is 12.0. The average Bonchev–Trinajstić information content (AvgIpc) is 2.35. The molecule has 0 radical (unpaired) electrons. The zero-order valence-corrected chi connectivity index (χ0v) is 10.5. The molecule has 18 heavy (non-hydrogen) atoms. The Morgan fingerprint density at radius 2 is 2.17 bits per heavy atom. The van der Waals surface area contributed by atoms with E-state index in [1.54, 1.807) is 12.1 Å². The van der Waals surface area contributed by atoms with Crippen LogP contribution < -0.4 is 11.1 Å². The highest BCUT2D eigenvalue weighted by atomic mass is 35.5. The third-order valence-corrected chi connectivity index (χ3v) is 2.98. The molecule has 2 aromatic rings. The highest BCUT2D eigenvalue weighted by molar-refractivity contribution is 6.34. The summed E-state index contributed by atoms with van der Waals surface area (Å²) in [5.41, 5.74) is 7.46. The maximum absolute atomic E-state index is 12.0. The number of hydrogen-bond acceptors (Lipinski definition) is 3. The normalized spacial score (nSPS) is 10.1. The minimum atomic E-state index is -0.267. The van der Waals surface area contributed by atoms with Gasteiger partial charge in [-0.1, -0.05) is 23.7 Å². The number of nitrogens with two attached hydrogens (primary N) is 1. The van der Waals surface area contributed by atoms with E-state index >= 15 is 0 Å². The number of carbonyl (C=O) groups is 1. The number of nitrogens with one attached hydrogen (secondary N) is 1. The number of rotatable bonds is 2. The van der Waals surface area contributed by atoms with Crippen LogP contribution in [0.4, 0.5) is 11.5 Å². The van der Waals surface area contributed by atoms with Gasteiger partial charge in [-0.2, -0.15) is 0 Å². The number of anilines is 2. The summed E-state index contributed by atoms with van der Waals surface area (Å²) in [4.78, 5) is 15.8. The van der Waals surface area contributed by atoms with Gasteiger partial charge in [-0.05, 0) is 30.7 Å². The van der Waals surface area contributed by atoms with Gasteiger partial charge in [0.2, 0.25) is 0 Å². The first-order valence-electron chi connectivity index (χ1n) is 5.36. The van der Waals surface area contributed by atoms with Crippen LogP contribution in [-0.4, -0.2) is 10.9 Å². The van der Waals surface area contributed by atoms with E-state index in [-0.39, 0.29) is 5.91 Å². The average molecular weight is 262 g/mol. The molecule has 0 saturated carbocycles. The Morgan fingerprint density at radius 3 is 2.89 bits per heavy atom. The van der Waals surface area contributed by atoms with Gasteiger partial charge in [0, 0.05) is 11.8 Å². The zero-order valence-electron chi connectivity index (χ0n) is 9.77. The highest BCUT2D eigenvalue weighted by Crippen LogP contribution is 2.25. The number of halogens is 1. The SMILES string of the molecule is Cc1cccc(NC(=O)c2ccnc(N)c2)c1Cl. The quantitative estimate of drug-likeness (QED) is 0.873. The van der Waals surface area contributed by atoms with Crippen LogP contribution in [0.5, 0.6) is 0 Å². The van der Waals surface area contributed by atoms with Crippen LogP contribution >= 0.6 is 11.6 Å². The van der Waals surface area contributed by atoms with Crippen molar-refractivity contribution >= 4 is 29.0 Å². The van der Waals surface area contributed by atoms with Crippen LogP contribution in [0.1, 0.15) is 15.9 Å². The molecule has 0 aliphatic carbocycles. The first-order chi connectivity index (χ1) is 8.58. The Hall–Kier alpha value is -2.07. The molecule has 1 heterocycles. The Bertz CT molecular complexity index is 599. The van der Waals surface area contributed by atoms with Crippen molar-refractivity contribution in [1.82, 2.24) is 4.98 Å². The number of nitrogen functional groups attached to an aromatic ring is 1. The first kappa shape index (κ1) is 12.4. The summed E-state index contributed by atoms with van der Waals surface area (Å²) < 4.78 is 0. The number of benzene rings is 1. The van der Waals surface area contributed by atoms with Crippen molar-refractivity contribution in [2.45, 2.75) is 6.92 Å². The fourth-order valence-electron chi connectivity index (χ4n) is 1.53. The Kier molecular flexibility index (Phi) is 3.48. The lowest BCUT2D eigenvalue weighted by Gasteiger charge is -2.09. The van der Waals surface area contributed by atoms with E-state index in [0.29, 0.717) is 22.1 Å². The van der Waals surface area contributed by atoms with Crippen LogP contribution in [0.2, 0.25) is 5.02 Å². The third kappa shape index (κ3) is 2.60. The van der Waals surface area contributed by atoms with Crippen LogP contribution in [-0.2, 0) is 0 Å². The number of aryl methyl sites for hydroxylation is 1. The molecule has 0 saturated heterocycles. The number of aromatic nitrogens is 1. The molecule has 0 aliphatic rings. The number of carbonyl (C=O) groups excluding carboxylic acids is 1. The molecule has 2 rings (SSSR count). The smallest absolute Gasteiger partial charge is 0.255 e. The van der Waals surface area contributed by atoms with E-state index in [0.717, 1.165) is 5.56 Å². The Labute approximate surface area is 110 Å². The Morgan fingerprint density at radius 1 is 1.39 bits per heavy atom. The van der Waals surface area contributed by atoms with Crippen molar-refractivity contribution in [3.63, 3.8) is 0 Å². The standard InChI is InChI=1S/C13H12ClN3O/c1-8-3-2-4-10(12(8)14)17-13(18)9-5-6-16-11(15)7-9/h2-7H,1H3,(H2,15,16)(H,17,18). The molecular weight excluding hydrogens is 250 g/mol. The van der Waals surface area contributed by atoms with E-state index in [1.807, 2.05) is 19.1 Å². The zero-order chi connectivity index (χ0) is 13.1. The van der Waals surface area contributed by atoms with Crippen LogP contribution in [0.25, 0.3) is 0 Å². The lowest BCUT2D eigenvalue weighted by Crippen LogP contribution is -2.13. The molecule has 92 valence electrons. The largest absolute Gasteiger partial charge is 0.384 e. The van der Waals surface area contributed by atoms with Crippen molar-refractivity contribution in [1.29, 1.82) is 0 Å². The molecule has 5 heteroatoms. The van der Waals surface area contributed by atoms with E-state index in [1.165, 1.54) is 12.3 Å². The monoisotopic (exact) mass is 261 g/mol. The van der Waals surface area contributed by atoms with Gasteiger partial charge < -0.3 is 11.1 Å². The second kappa shape index (κ2) is 5.06. The van der Waals surface area contributed by atoms with Gasteiger partial charge in [0.05, 0.1) is 10.7 Å². The van der Waals surface area contributed by atoms with Crippen molar-refractivity contribution in [2.24, 2.45) is 0 Å². The number of amides is 1. The summed E-state index contributed by atoms with van der Waals surface area (Å²) in [6.45, 7) is 1.88. The summed E-state index contributed by atoms with van der Waals surface area (Å²) in [7, 11) is 0. The summed E-state index contributed by atoms with van der Waals surface area (Å²) in [6, 6.07) is 8.56. The van der Waals surface area contributed by atoms with Gasteiger partial charge in [0.1, 0.15) is 5.82 Å². The van der Waals surface area contributed by atoms with Gasteiger partial charge >= 0.3 is 0 Å². The van der Waals surface area contributed by atoms with Gasteiger partial charge in [0.25, 0.3) is 5.91 Å². The minimum absolute atomic E-state index is 0.267. The van der Waals surface area contributed by atoms with Gasteiger partial charge in [-0.3, -0.25) is 4.79 Å². The highest BCUT2D eigenvalue weighted by Gasteiger charge is 2.09. The molecule has 0 bridgehead atoms. The topological polar surface area (TPSA) is 68.0 Å². The number of nitrogens with zero attached hydrogens (tertiary/aromatic N) is 1. The first-order valence-corrected chi connectivity index (χ1v) is 5.73. The predicted octanol–water partition coefficient (Wildman–Crippen LogP) is 2.88. The number of pyridine rings is 1. The molecular formula is C13H12ClN3O. The van der Waals surface area contributed by atoms with Crippen molar-refractivity contribution < 1.29 is 4.79 Å². The predicted molar refractivity (Wildman–Crippen MR) is 72.8 cm³/mol. The molecule has 0 fully saturated rings. The van der Waals surface area contributed by atoms with Crippen molar-refractivity contribution in [3.05, 3.63) is 52.7 Å². The maximum Gasteiger partial charge on any atom is 0.255 e. The molecule has 0 atom stereocenters. The summed E-state index contributed by atoms with van der Waals surface area (Å²) in [5.74, 6) is 0.0367. The van der Waals surface area contributed by atoms with Gasteiger partial charge in [0.15, 0.2) is 0 Å². The van der Waals surface area contributed by atoms with Crippen molar-refractivity contribution in [3.8, 4) is 0 Å². The second-order valence-electron chi connectivity index (χ2n) is 3.86. The van der Waals surface area contributed by atoms with Crippen LogP contribution in [0.3, 0.4) is 0 Å². The van der Waals surface area contributed by atoms with E-state index in [4.69, 9.17) is 17.3 Å². The number of hydrogen-bond donors (Lipinski definition) is 2. The van der Waals surface area contributed by atoms with Crippen LogP contribution in [0, 0.1) is 6.92 Å². The van der Waals surface area contributed by atoms with Gasteiger partial charge in [-0.25, -0.2) is 4.98 Å². The molecule has 3 N–H and O–H groups in total. The third-order valence-electron chi connectivity index (χ3n) is 2.48. The minimum Gasteiger partial charge on any atom is -0.384 e. The molecule has 1 aromatic heterocycles. The lowest BCUT2D eigenvalue weighted by atomic mass is 10.2. The summed E-state index contributed by atoms with van der Waals surface area (Å²) >= 11 is 6.10. The van der Waals surface area contributed by atoms with Crippen molar-refractivity contribution in [2.75, 3.05) is 11.1 Å². The fraction of sp³-hybridized carbons (Fsp3) is 0.0769. The van der Waals surface area contributed by atoms with Crippen LogP contribution in [0.15, 0.2) is 36.5 Å². The molecule has 0 unspecified atom stereocenters. The fourth-order valence-corrected chi connectivity index (χ4v) is 1.70. The summed E-state index contributed by atoms with van der Waals surface area (Å²) in [5, 5.41) is 3.28. The van der Waals surface area contributed by atoms with E-state index in [2.05, 4.69) is 10.3 Å². The molecule has 0 aliphatic heterocycles. The molecule has 1 amide bonds. The molecule has 0 spiro atoms. The lowest BCUT2D eigenvalue weighted by molar-refractivity contribution is 0.102.